The first kappa shape index (κ1) is 18.5. The zero-order valence-corrected chi connectivity index (χ0v) is 15.4. The lowest BCUT2D eigenvalue weighted by molar-refractivity contribution is -0.0432. The van der Waals surface area contributed by atoms with Crippen LogP contribution in [0.5, 0.6) is 17.2 Å². The van der Waals surface area contributed by atoms with Crippen LogP contribution in [-0.2, 0) is 4.74 Å². The first-order chi connectivity index (χ1) is 12.8. The standard InChI is InChI=1S/C21H27NO4/c1-3-23-17-7-5-16(6-8-17)21(20-15-22-13-14-25-20)26-19-11-9-18(10-12-19)24-4-2/h5-12,20-22H,3-4,13-15H2,1-2H3. The molecule has 5 nitrogen and oxygen atoms in total. The first-order valence-electron chi connectivity index (χ1n) is 9.24. The van der Waals surface area contributed by atoms with Crippen molar-refractivity contribution in [1.82, 2.24) is 5.32 Å². The van der Waals surface area contributed by atoms with Gasteiger partial charge in [0.15, 0.2) is 6.10 Å². The van der Waals surface area contributed by atoms with Gasteiger partial charge in [0.25, 0.3) is 0 Å². The molecule has 1 fully saturated rings. The lowest BCUT2D eigenvalue weighted by Gasteiger charge is -2.31. The van der Waals surface area contributed by atoms with Gasteiger partial charge in [0.1, 0.15) is 23.4 Å². The molecule has 1 aliphatic heterocycles. The molecule has 1 aliphatic rings. The molecule has 0 aliphatic carbocycles. The summed E-state index contributed by atoms with van der Waals surface area (Å²) in [6.07, 6.45) is -0.246. The molecule has 0 bridgehead atoms. The molecule has 1 saturated heterocycles. The molecule has 0 amide bonds. The monoisotopic (exact) mass is 357 g/mol. The molecule has 0 saturated carbocycles. The van der Waals surface area contributed by atoms with E-state index in [1.54, 1.807) is 0 Å². The second kappa shape index (κ2) is 9.46. The van der Waals surface area contributed by atoms with E-state index >= 15 is 0 Å². The van der Waals surface area contributed by atoms with E-state index in [2.05, 4.69) is 5.32 Å². The third kappa shape index (κ3) is 4.90. The van der Waals surface area contributed by atoms with Crippen LogP contribution in [0.2, 0.25) is 0 Å². The molecule has 3 rings (SSSR count). The van der Waals surface area contributed by atoms with Crippen molar-refractivity contribution in [1.29, 1.82) is 0 Å². The summed E-state index contributed by atoms with van der Waals surface area (Å²) in [6, 6.07) is 15.8. The van der Waals surface area contributed by atoms with Crippen molar-refractivity contribution in [2.75, 3.05) is 32.9 Å². The highest BCUT2D eigenvalue weighted by Gasteiger charge is 2.28. The van der Waals surface area contributed by atoms with Gasteiger partial charge >= 0.3 is 0 Å². The van der Waals surface area contributed by atoms with Crippen LogP contribution in [0.1, 0.15) is 25.5 Å². The molecule has 0 radical (unpaired) electrons. The Morgan fingerprint density at radius 3 is 2.04 bits per heavy atom. The highest BCUT2D eigenvalue weighted by Crippen LogP contribution is 2.29. The fourth-order valence-electron chi connectivity index (χ4n) is 2.99. The Kier molecular flexibility index (Phi) is 6.75. The van der Waals surface area contributed by atoms with Gasteiger partial charge in [-0.25, -0.2) is 0 Å². The summed E-state index contributed by atoms with van der Waals surface area (Å²) in [7, 11) is 0. The minimum atomic E-state index is -0.198. The van der Waals surface area contributed by atoms with Crippen LogP contribution in [0.25, 0.3) is 0 Å². The molecule has 1 N–H and O–H groups in total. The largest absolute Gasteiger partial charge is 0.494 e. The Morgan fingerprint density at radius 1 is 0.923 bits per heavy atom. The summed E-state index contributed by atoms with van der Waals surface area (Å²) < 4.78 is 23.3. The Balaban J connectivity index is 1.78. The predicted molar refractivity (Wildman–Crippen MR) is 101 cm³/mol. The number of hydrogen-bond donors (Lipinski definition) is 1. The van der Waals surface area contributed by atoms with Gasteiger partial charge in [-0.1, -0.05) is 12.1 Å². The van der Waals surface area contributed by atoms with Crippen molar-refractivity contribution in [3.05, 3.63) is 54.1 Å². The Hall–Kier alpha value is -2.24. The topological polar surface area (TPSA) is 49.0 Å². The summed E-state index contributed by atoms with van der Waals surface area (Å²) in [5, 5.41) is 3.38. The zero-order valence-electron chi connectivity index (χ0n) is 15.4. The van der Waals surface area contributed by atoms with Gasteiger partial charge in [0.05, 0.1) is 19.8 Å². The molecular formula is C21H27NO4. The van der Waals surface area contributed by atoms with Gasteiger partial charge in [-0.15, -0.1) is 0 Å². The third-order valence-corrected chi connectivity index (χ3v) is 4.21. The predicted octanol–water partition coefficient (Wildman–Crippen LogP) is 3.59. The highest BCUT2D eigenvalue weighted by atomic mass is 16.5. The summed E-state index contributed by atoms with van der Waals surface area (Å²) in [5.41, 5.74) is 1.07. The lowest BCUT2D eigenvalue weighted by Crippen LogP contribution is -2.43. The maximum Gasteiger partial charge on any atom is 0.151 e. The average Bonchev–Trinajstić information content (AvgIpc) is 2.69. The number of ether oxygens (including phenoxy) is 4. The lowest BCUT2D eigenvalue weighted by atomic mass is 10.0. The smallest absolute Gasteiger partial charge is 0.151 e. The average molecular weight is 357 g/mol. The quantitative estimate of drug-likeness (QED) is 0.782. The summed E-state index contributed by atoms with van der Waals surface area (Å²) in [6.45, 7) is 7.57. The zero-order chi connectivity index (χ0) is 18.2. The molecular weight excluding hydrogens is 330 g/mol. The molecule has 2 aromatic rings. The van der Waals surface area contributed by atoms with Gasteiger partial charge in [-0.3, -0.25) is 0 Å². The van der Waals surface area contributed by atoms with Crippen LogP contribution >= 0.6 is 0 Å². The van der Waals surface area contributed by atoms with Crippen LogP contribution in [0, 0.1) is 0 Å². The number of hydrogen-bond acceptors (Lipinski definition) is 5. The number of morpholine rings is 1. The van der Waals surface area contributed by atoms with Gasteiger partial charge in [0.2, 0.25) is 0 Å². The van der Waals surface area contributed by atoms with Crippen molar-refractivity contribution in [3.63, 3.8) is 0 Å². The van der Waals surface area contributed by atoms with E-state index < -0.39 is 0 Å². The van der Waals surface area contributed by atoms with Crippen LogP contribution in [0.15, 0.2) is 48.5 Å². The second-order valence-corrected chi connectivity index (χ2v) is 6.06. The van der Waals surface area contributed by atoms with E-state index in [0.29, 0.717) is 19.8 Å². The molecule has 2 unspecified atom stereocenters. The van der Waals surface area contributed by atoms with Crippen molar-refractivity contribution in [2.24, 2.45) is 0 Å². The molecule has 26 heavy (non-hydrogen) atoms. The van der Waals surface area contributed by atoms with Crippen molar-refractivity contribution in [2.45, 2.75) is 26.1 Å². The van der Waals surface area contributed by atoms with E-state index in [4.69, 9.17) is 18.9 Å². The molecule has 1 heterocycles. The molecule has 0 aromatic heterocycles. The summed E-state index contributed by atoms with van der Waals surface area (Å²) >= 11 is 0. The normalized spacial score (nSPS) is 18.2. The number of benzene rings is 2. The van der Waals surface area contributed by atoms with Crippen LogP contribution in [-0.4, -0.2) is 39.0 Å². The van der Waals surface area contributed by atoms with Crippen molar-refractivity contribution in [3.8, 4) is 17.2 Å². The Labute approximate surface area is 155 Å². The summed E-state index contributed by atoms with van der Waals surface area (Å²) in [4.78, 5) is 0. The van der Waals surface area contributed by atoms with Crippen LogP contribution in [0.3, 0.4) is 0 Å². The van der Waals surface area contributed by atoms with Crippen molar-refractivity contribution >= 4 is 0 Å². The van der Waals surface area contributed by atoms with E-state index in [1.807, 2.05) is 62.4 Å². The molecule has 140 valence electrons. The van der Waals surface area contributed by atoms with Gasteiger partial charge in [-0.05, 0) is 55.8 Å². The molecule has 2 atom stereocenters. The van der Waals surface area contributed by atoms with E-state index in [1.165, 1.54) is 0 Å². The van der Waals surface area contributed by atoms with E-state index in [-0.39, 0.29) is 12.2 Å². The van der Waals surface area contributed by atoms with E-state index in [0.717, 1.165) is 35.9 Å². The minimum Gasteiger partial charge on any atom is -0.494 e. The number of rotatable bonds is 8. The highest BCUT2D eigenvalue weighted by molar-refractivity contribution is 5.34. The fraction of sp³-hybridized carbons (Fsp3) is 0.429. The fourth-order valence-corrected chi connectivity index (χ4v) is 2.99. The third-order valence-electron chi connectivity index (χ3n) is 4.21. The van der Waals surface area contributed by atoms with E-state index in [9.17, 15) is 0 Å². The first-order valence-corrected chi connectivity index (χ1v) is 9.24. The molecule has 5 heteroatoms. The minimum absolute atomic E-state index is 0.0479. The maximum absolute atomic E-state index is 6.31. The Morgan fingerprint density at radius 2 is 1.50 bits per heavy atom. The maximum atomic E-state index is 6.31. The SMILES string of the molecule is CCOc1ccc(OC(c2ccc(OCC)cc2)C2CNCCO2)cc1. The van der Waals surface area contributed by atoms with Crippen molar-refractivity contribution < 1.29 is 18.9 Å². The van der Waals surface area contributed by atoms with Gasteiger partial charge < -0.3 is 24.3 Å². The Bertz CT molecular complexity index is 651. The molecule has 2 aromatic carbocycles. The van der Waals surface area contributed by atoms with Crippen LogP contribution < -0.4 is 19.5 Å². The second-order valence-electron chi connectivity index (χ2n) is 6.06. The summed E-state index contributed by atoms with van der Waals surface area (Å²) in [5.74, 6) is 2.49. The number of nitrogens with one attached hydrogen (secondary N) is 1. The van der Waals surface area contributed by atoms with Gasteiger partial charge in [0, 0.05) is 13.1 Å². The van der Waals surface area contributed by atoms with Gasteiger partial charge in [-0.2, -0.15) is 0 Å². The molecule has 0 spiro atoms. The van der Waals surface area contributed by atoms with Crippen LogP contribution in [0.4, 0.5) is 0 Å².